The van der Waals surface area contributed by atoms with Gasteiger partial charge in [0, 0.05) is 57.5 Å². The van der Waals surface area contributed by atoms with Crippen molar-refractivity contribution < 1.29 is 4.74 Å². The highest BCUT2D eigenvalue weighted by Crippen LogP contribution is 2.19. The molecule has 2 heterocycles. The minimum Gasteiger partial charge on any atom is -0.383 e. The Morgan fingerprint density at radius 3 is 2.79 bits per heavy atom. The summed E-state index contributed by atoms with van der Waals surface area (Å²) < 4.78 is 5.35. The third kappa shape index (κ3) is 4.14. The van der Waals surface area contributed by atoms with E-state index in [4.69, 9.17) is 4.74 Å². The zero-order valence-electron chi connectivity index (χ0n) is 11.8. The quantitative estimate of drug-likeness (QED) is 0.805. The molecule has 1 unspecified atom stereocenters. The topological polar surface area (TPSA) is 40.6 Å². The van der Waals surface area contributed by atoms with Crippen LogP contribution >= 0.6 is 11.3 Å². The maximum Gasteiger partial charge on any atom is 0.185 e. The average Bonchev–Trinajstić information content (AvgIpc) is 2.98. The number of piperazine rings is 1. The fourth-order valence-electron chi connectivity index (χ4n) is 2.45. The first kappa shape index (κ1) is 14.7. The van der Waals surface area contributed by atoms with Crippen molar-refractivity contribution in [1.82, 2.24) is 15.2 Å². The SMILES string of the molecule is CCNCC(COC)N1CCN(c2nccs2)CC1. The van der Waals surface area contributed by atoms with E-state index in [1.807, 2.05) is 11.6 Å². The zero-order chi connectivity index (χ0) is 13.5. The number of aromatic nitrogens is 1. The predicted molar refractivity (Wildman–Crippen MR) is 80.1 cm³/mol. The molecule has 1 N–H and O–H groups in total. The van der Waals surface area contributed by atoms with Gasteiger partial charge in [0.1, 0.15) is 0 Å². The molecule has 2 rings (SSSR count). The molecule has 1 fully saturated rings. The molecule has 0 aromatic carbocycles. The van der Waals surface area contributed by atoms with Gasteiger partial charge in [-0.1, -0.05) is 6.92 Å². The lowest BCUT2D eigenvalue weighted by Gasteiger charge is -2.39. The van der Waals surface area contributed by atoms with E-state index in [1.54, 1.807) is 18.4 Å². The minimum absolute atomic E-state index is 0.475. The van der Waals surface area contributed by atoms with Crippen molar-refractivity contribution in [2.75, 3.05) is 57.9 Å². The molecule has 0 amide bonds. The first-order valence-electron chi connectivity index (χ1n) is 6.93. The molecule has 1 atom stereocenters. The van der Waals surface area contributed by atoms with Gasteiger partial charge in [-0.15, -0.1) is 11.3 Å². The van der Waals surface area contributed by atoms with Gasteiger partial charge in [0.15, 0.2) is 5.13 Å². The van der Waals surface area contributed by atoms with Crippen molar-refractivity contribution in [3.8, 4) is 0 Å². The van der Waals surface area contributed by atoms with E-state index in [0.29, 0.717) is 6.04 Å². The molecule has 1 aliphatic rings. The molecule has 6 heteroatoms. The number of nitrogens with zero attached hydrogens (tertiary/aromatic N) is 3. The lowest BCUT2D eigenvalue weighted by molar-refractivity contribution is 0.0855. The molecule has 1 aliphatic heterocycles. The van der Waals surface area contributed by atoms with Crippen molar-refractivity contribution in [1.29, 1.82) is 0 Å². The summed E-state index contributed by atoms with van der Waals surface area (Å²) in [4.78, 5) is 9.28. The fraction of sp³-hybridized carbons (Fsp3) is 0.769. The Labute approximate surface area is 119 Å². The number of ether oxygens (including phenoxy) is 1. The largest absolute Gasteiger partial charge is 0.383 e. The maximum atomic E-state index is 5.35. The summed E-state index contributed by atoms with van der Waals surface area (Å²) >= 11 is 1.72. The molecule has 0 bridgehead atoms. The minimum atomic E-state index is 0.475. The summed E-state index contributed by atoms with van der Waals surface area (Å²) in [6, 6.07) is 0.475. The van der Waals surface area contributed by atoms with Gasteiger partial charge in [-0.05, 0) is 6.54 Å². The van der Waals surface area contributed by atoms with E-state index in [0.717, 1.165) is 51.0 Å². The predicted octanol–water partition coefficient (Wildman–Crippen LogP) is 0.890. The molecular weight excluding hydrogens is 260 g/mol. The van der Waals surface area contributed by atoms with E-state index in [-0.39, 0.29) is 0 Å². The Balaban J connectivity index is 1.83. The highest BCUT2D eigenvalue weighted by molar-refractivity contribution is 7.13. The second kappa shape index (κ2) is 7.79. The highest BCUT2D eigenvalue weighted by atomic mass is 32.1. The molecule has 1 aromatic rings. The normalized spacial score (nSPS) is 18.7. The number of thiazole rings is 1. The first-order valence-corrected chi connectivity index (χ1v) is 7.81. The molecule has 1 aromatic heterocycles. The summed E-state index contributed by atoms with van der Waals surface area (Å²) in [7, 11) is 1.78. The Kier molecular flexibility index (Phi) is 6.03. The van der Waals surface area contributed by atoms with Gasteiger partial charge in [-0.25, -0.2) is 4.98 Å². The van der Waals surface area contributed by atoms with Gasteiger partial charge < -0.3 is 15.0 Å². The zero-order valence-corrected chi connectivity index (χ0v) is 12.7. The third-order valence-corrected chi connectivity index (χ3v) is 4.34. The second-order valence-corrected chi connectivity index (χ2v) is 5.63. The van der Waals surface area contributed by atoms with Gasteiger partial charge in [-0.3, -0.25) is 4.90 Å². The van der Waals surface area contributed by atoms with Crippen molar-refractivity contribution in [3.63, 3.8) is 0 Å². The Morgan fingerprint density at radius 2 is 2.21 bits per heavy atom. The summed E-state index contributed by atoms with van der Waals surface area (Å²) in [6.45, 7) is 9.23. The van der Waals surface area contributed by atoms with E-state index < -0.39 is 0 Å². The van der Waals surface area contributed by atoms with Crippen molar-refractivity contribution in [2.24, 2.45) is 0 Å². The van der Waals surface area contributed by atoms with Gasteiger partial charge in [0.2, 0.25) is 0 Å². The average molecular weight is 284 g/mol. The molecule has 0 radical (unpaired) electrons. The van der Waals surface area contributed by atoms with E-state index >= 15 is 0 Å². The summed E-state index contributed by atoms with van der Waals surface area (Å²) in [5.74, 6) is 0. The van der Waals surface area contributed by atoms with Crippen molar-refractivity contribution in [3.05, 3.63) is 11.6 Å². The summed E-state index contributed by atoms with van der Waals surface area (Å²) in [6.07, 6.45) is 1.88. The van der Waals surface area contributed by atoms with Crippen LogP contribution in [0.1, 0.15) is 6.92 Å². The second-order valence-electron chi connectivity index (χ2n) is 4.75. The Hall–Kier alpha value is -0.690. The van der Waals surface area contributed by atoms with Crippen LogP contribution in [0, 0.1) is 0 Å². The van der Waals surface area contributed by atoms with E-state index in [1.165, 1.54) is 0 Å². The van der Waals surface area contributed by atoms with Crippen LogP contribution in [-0.2, 0) is 4.74 Å². The smallest absolute Gasteiger partial charge is 0.185 e. The fourth-order valence-corrected chi connectivity index (χ4v) is 3.14. The van der Waals surface area contributed by atoms with E-state index in [9.17, 15) is 0 Å². The van der Waals surface area contributed by atoms with Crippen LogP contribution in [0.15, 0.2) is 11.6 Å². The lowest BCUT2D eigenvalue weighted by Crippen LogP contribution is -2.54. The van der Waals surface area contributed by atoms with Crippen LogP contribution in [-0.4, -0.2) is 68.9 Å². The first-order chi connectivity index (χ1) is 9.35. The number of hydrogen-bond donors (Lipinski definition) is 1. The third-order valence-electron chi connectivity index (χ3n) is 3.51. The van der Waals surface area contributed by atoms with Crippen LogP contribution in [0.5, 0.6) is 0 Å². The number of hydrogen-bond acceptors (Lipinski definition) is 6. The van der Waals surface area contributed by atoms with Crippen molar-refractivity contribution in [2.45, 2.75) is 13.0 Å². The molecule has 108 valence electrons. The van der Waals surface area contributed by atoms with Gasteiger partial charge in [-0.2, -0.15) is 0 Å². The Morgan fingerprint density at radius 1 is 1.42 bits per heavy atom. The van der Waals surface area contributed by atoms with Crippen LogP contribution < -0.4 is 10.2 Å². The molecule has 19 heavy (non-hydrogen) atoms. The number of rotatable bonds is 7. The molecule has 1 saturated heterocycles. The molecule has 0 aliphatic carbocycles. The summed E-state index contributed by atoms with van der Waals surface area (Å²) in [5.41, 5.74) is 0. The highest BCUT2D eigenvalue weighted by Gasteiger charge is 2.24. The molecule has 5 nitrogen and oxygen atoms in total. The standard InChI is InChI=1S/C13H24N4OS/c1-3-14-10-12(11-18-2)16-5-7-17(8-6-16)13-15-4-9-19-13/h4,9,12,14H,3,5-8,10-11H2,1-2H3. The van der Waals surface area contributed by atoms with Gasteiger partial charge >= 0.3 is 0 Å². The van der Waals surface area contributed by atoms with E-state index in [2.05, 4.69) is 27.0 Å². The lowest BCUT2D eigenvalue weighted by atomic mass is 10.2. The van der Waals surface area contributed by atoms with Gasteiger partial charge in [0.25, 0.3) is 0 Å². The van der Waals surface area contributed by atoms with Crippen LogP contribution in [0.4, 0.5) is 5.13 Å². The number of methoxy groups -OCH3 is 1. The monoisotopic (exact) mass is 284 g/mol. The summed E-state index contributed by atoms with van der Waals surface area (Å²) in [5, 5.41) is 6.61. The molecular formula is C13H24N4OS. The van der Waals surface area contributed by atoms with Crippen LogP contribution in [0.3, 0.4) is 0 Å². The Bertz CT molecular complexity index is 338. The number of anilines is 1. The maximum absolute atomic E-state index is 5.35. The number of nitrogens with one attached hydrogen (secondary N) is 1. The van der Waals surface area contributed by atoms with Crippen molar-refractivity contribution >= 4 is 16.5 Å². The molecule has 0 saturated carbocycles. The van der Waals surface area contributed by atoms with Crippen LogP contribution in [0.2, 0.25) is 0 Å². The van der Waals surface area contributed by atoms with Gasteiger partial charge in [0.05, 0.1) is 6.61 Å². The number of likely N-dealkylation sites (N-methyl/N-ethyl adjacent to an activating group) is 1. The van der Waals surface area contributed by atoms with Crippen LogP contribution in [0.25, 0.3) is 0 Å². The molecule has 0 spiro atoms.